The first-order valence-electron chi connectivity index (χ1n) is 5.66. The molecule has 0 saturated carbocycles. The van der Waals surface area contributed by atoms with Gasteiger partial charge in [0.15, 0.2) is 0 Å². The zero-order valence-corrected chi connectivity index (χ0v) is 10.5. The molecule has 0 unspecified atom stereocenters. The van der Waals surface area contributed by atoms with E-state index in [4.69, 9.17) is 11.6 Å². The summed E-state index contributed by atoms with van der Waals surface area (Å²) in [5.41, 5.74) is -1.25. The largest absolute Gasteiger partial charge is 0.356 e. The Balaban J connectivity index is 2.33. The molecule has 0 N–H and O–H groups in total. The summed E-state index contributed by atoms with van der Waals surface area (Å²) in [5.74, 6) is -0.709. The maximum Gasteiger partial charge on any atom is 0.356 e. The summed E-state index contributed by atoms with van der Waals surface area (Å²) in [7, 11) is 0. The second-order valence-electron chi connectivity index (χ2n) is 4.14. The zero-order valence-electron chi connectivity index (χ0n) is 9.72. The molecule has 2 aromatic rings. The van der Waals surface area contributed by atoms with Gasteiger partial charge in [0.2, 0.25) is 0 Å². The number of hydrogen-bond donors (Lipinski definition) is 0. The van der Waals surface area contributed by atoms with Crippen molar-refractivity contribution in [2.24, 2.45) is 0 Å². The van der Waals surface area contributed by atoms with Crippen molar-refractivity contribution in [1.29, 1.82) is 0 Å². The van der Waals surface area contributed by atoms with Gasteiger partial charge in [0, 0.05) is 17.8 Å². The summed E-state index contributed by atoms with van der Waals surface area (Å²) < 4.78 is 17.1. The van der Waals surface area contributed by atoms with E-state index < -0.39 is 17.2 Å². The van der Waals surface area contributed by atoms with Gasteiger partial charge >= 0.3 is 11.4 Å². The molecule has 0 aliphatic carbocycles. The second kappa shape index (κ2) is 4.24. The van der Waals surface area contributed by atoms with Crippen molar-refractivity contribution in [2.45, 2.75) is 13.0 Å². The predicted octanol–water partition coefficient (Wildman–Crippen LogP) is 1.47. The number of nitrogens with zero attached hydrogens (tertiary/aromatic N) is 3. The van der Waals surface area contributed by atoms with Gasteiger partial charge in [-0.05, 0) is 24.6 Å². The van der Waals surface area contributed by atoms with Gasteiger partial charge in [-0.2, -0.15) is 0 Å². The predicted molar refractivity (Wildman–Crippen MR) is 69.2 cm³/mol. The van der Waals surface area contributed by atoms with Gasteiger partial charge in [0.1, 0.15) is 5.82 Å². The van der Waals surface area contributed by atoms with Crippen molar-refractivity contribution in [3.8, 4) is 5.69 Å². The molecular formula is C12H9ClFN3O2. The number of aromatic nitrogens is 3. The molecule has 1 aromatic carbocycles. The van der Waals surface area contributed by atoms with Crippen molar-refractivity contribution >= 4 is 17.8 Å². The lowest BCUT2D eigenvalue weighted by atomic mass is 10.3. The van der Waals surface area contributed by atoms with E-state index in [0.717, 1.165) is 10.6 Å². The Hall–Kier alpha value is -2.08. The third-order valence-electron chi connectivity index (χ3n) is 2.96. The van der Waals surface area contributed by atoms with Gasteiger partial charge in [-0.25, -0.2) is 27.9 Å². The Morgan fingerprint density at radius 2 is 2.00 bits per heavy atom. The van der Waals surface area contributed by atoms with Crippen LogP contribution in [-0.2, 0) is 6.54 Å². The normalized spacial score (nSPS) is 13.6. The van der Waals surface area contributed by atoms with E-state index in [1.807, 2.05) is 0 Å². The molecule has 1 aliphatic rings. The van der Waals surface area contributed by atoms with Gasteiger partial charge in [-0.1, -0.05) is 17.7 Å². The molecule has 0 fully saturated rings. The fourth-order valence-corrected chi connectivity index (χ4v) is 2.24. The summed E-state index contributed by atoms with van der Waals surface area (Å²) in [5, 5.41) is 0.207. The van der Waals surface area contributed by atoms with Crippen LogP contribution >= 0.6 is 11.6 Å². The van der Waals surface area contributed by atoms with Crippen LogP contribution < -0.4 is 11.4 Å². The van der Waals surface area contributed by atoms with Crippen LogP contribution in [0.3, 0.4) is 0 Å². The number of fused-ring (bicyclic) bond motifs is 1. The Labute approximate surface area is 111 Å². The average molecular weight is 282 g/mol. The maximum atomic E-state index is 13.8. The topological polar surface area (TPSA) is 48.9 Å². The Kier molecular flexibility index (Phi) is 2.67. The summed E-state index contributed by atoms with van der Waals surface area (Å²) in [4.78, 5) is 24.3. The first-order chi connectivity index (χ1) is 9.09. The summed E-state index contributed by atoms with van der Waals surface area (Å²) in [6, 6.07) is 3.82. The molecular weight excluding hydrogens is 273 g/mol. The molecule has 7 heteroatoms. The minimum absolute atomic E-state index is 0.0952. The fraction of sp³-hybridized carbons (Fsp3) is 0.167. The van der Waals surface area contributed by atoms with E-state index in [1.165, 1.54) is 27.7 Å². The van der Waals surface area contributed by atoms with E-state index in [9.17, 15) is 14.0 Å². The minimum Gasteiger partial charge on any atom is -0.245 e. The average Bonchev–Trinajstić information content (AvgIpc) is 2.64. The van der Waals surface area contributed by atoms with Crippen molar-refractivity contribution in [2.75, 3.05) is 0 Å². The third kappa shape index (κ3) is 1.76. The molecule has 98 valence electrons. The summed E-state index contributed by atoms with van der Waals surface area (Å²) in [6.07, 6.45) is 3.95. The molecule has 5 nitrogen and oxygen atoms in total. The number of rotatable bonds is 1. The summed E-state index contributed by atoms with van der Waals surface area (Å²) >= 11 is 5.66. The fourth-order valence-electron chi connectivity index (χ4n) is 2.08. The van der Waals surface area contributed by atoms with Gasteiger partial charge in [0.05, 0.1) is 5.69 Å². The number of halogens is 2. The summed E-state index contributed by atoms with van der Waals surface area (Å²) in [6.45, 7) is 0.396. The van der Waals surface area contributed by atoms with Crippen LogP contribution in [0.2, 0.25) is 5.02 Å². The molecule has 19 heavy (non-hydrogen) atoms. The molecule has 1 aliphatic heterocycles. The van der Waals surface area contributed by atoms with Crippen molar-refractivity contribution in [3.05, 3.63) is 56.1 Å². The lowest BCUT2D eigenvalue weighted by Gasteiger charge is -2.07. The Bertz CT molecular complexity index is 800. The molecule has 0 spiro atoms. The van der Waals surface area contributed by atoms with E-state index in [1.54, 1.807) is 6.08 Å². The van der Waals surface area contributed by atoms with Crippen LogP contribution in [0.5, 0.6) is 0 Å². The van der Waals surface area contributed by atoms with Crippen LogP contribution in [0.25, 0.3) is 11.9 Å². The smallest absolute Gasteiger partial charge is 0.245 e. The van der Waals surface area contributed by atoms with Crippen LogP contribution in [0.15, 0.2) is 33.9 Å². The first kappa shape index (κ1) is 12.0. The highest BCUT2D eigenvalue weighted by molar-refractivity contribution is 6.30. The number of hydrogen-bond acceptors (Lipinski definition) is 2. The quantitative estimate of drug-likeness (QED) is 0.795. The molecule has 2 heterocycles. The van der Waals surface area contributed by atoms with Crippen molar-refractivity contribution in [1.82, 2.24) is 13.9 Å². The molecule has 0 bridgehead atoms. The van der Waals surface area contributed by atoms with Crippen LogP contribution in [0.4, 0.5) is 4.39 Å². The first-order valence-corrected chi connectivity index (χ1v) is 6.04. The van der Waals surface area contributed by atoms with Crippen molar-refractivity contribution in [3.63, 3.8) is 0 Å². The van der Waals surface area contributed by atoms with Crippen molar-refractivity contribution < 1.29 is 4.39 Å². The SMILES string of the molecule is O=c1n(-c2ccc(Cl)cc2F)c(=O)n2n1C=CCC2. The second-order valence-corrected chi connectivity index (χ2v) is 4.57. The number of benzene rings is 1. The zero-order chi connectivity index (χ0) is 13.6. The minimum atomic E-state index is -0.709. The third-order valence-corrected chi connectivity index (χ3v) is 3.20. The highest BCUT2D eigenvalue weighted by atomic mass is 35.5. The monoisotopic (exact) mass is 281 g/mol. The van der Waals surface area contributed by atoms with E-state index >= 15 is 0 Å². The highest BCUT2D eigenvalue weighted by Gasteiger charge is 2.19. The van der Waals surface area contributed by atoms with Crippen LogP contribution in [-0.4, -0.2) is 13.9 Å². The Morgan fingerprint density at radius 1 is 1.21 bits per heavy atom. The van der Waals surface area contributed by atoms with Gasteiger partial charge < -0.3 is 0 Å². The highest BCUT2D eigenvalue weighted by Crippen LogP contribution is 2.16. The molecule has 0 saturated heterocycles. The lowest BCUT2D eigenvalue weighted by Crippen LogP contribution is -2.28. The molecule has 0 atom stereocenters. The van der Waals surface area contributed by atoms with Crippen LogP contribution in [0, 0.1) is 5.82 Å². The van der Waals surface area contributed by atoms with Gasteiger partial charge in [-0.15, -0.1) is 0 Å². The van der Waals surface area contributed by atoms with Gasteiger partial charge in [0.25, 0.3) is 0 Å². The molecule has 0 amide bonds. The lowest BCUT2D eigenvalue weighted by molar-refractivity contribution is 0.531. The molecule has 1 aromatic heterocycles. The molecule has 3 rings (SSSR count). The van der Waals surface area contributed by atoms with Gasteiger partial charge in [-0.3, -0.25) is 0 Å². The Morgan fingerprint density at radius 3 is 2.68 bits per heavy atom. The van der Waals surface area contributed by atoms with E-state index in [0.29, 0.717) is 13.0 Å². The molecule has 0 radical (unpaired) electrons. The van der Waals surface area contributed by atoms with Crippen LogP contribution in [0.1, 0.15) is 6.42 Å². The standard InChI is InChI=1S/C12H9ClFN3O2/c13-8-3-4-10(9(14)7-8)17-11(18)15-5-1-2-6-16(15)12(17)19/h1,3-5,7H,2,6H2. The number of allylic oxidation sites excluding steroid dienone is 1. The van der Waals surface area contributed by atoms with E-state index in [-0.39, 0.29) is 10.7 Å². The van der Waals surface area contributed by atoms with E-state index in [2.05, 4.69) is 0 Å². The maximum absolute atomic E-state index is 13.8.